The smallest absolute Gasteiger partial charge is 0.208 e. The van der Waals surface area contributed by atoms with Crippen LogP contribution in [0, 0.1) is 11.6 Å². The van der Waals surface area contributed by atoms with Gasteiger partial charge >= 0.3 is 0 Å². The van der Waals surface area contributed by atoms with Crippen LogP contribution in [-0.4, -0.2) is 8.42 Å². The fraction of sp³-hybridized carbons (Fsp3) is 0. The van der Waals surface area contributed by atoms with E-state index in [1.807, 2.05) is 0 Å². The van der Waals surface area contributed by atoms with E-state index in [0.29, 0.717) is 14.7 Å². The molecule has 3 aromatic rings. The van der Waals surface area contributed by atoms with Crippen molar-refractivity contribution in [3.63, 3.8) is 0 Å². The minimum Gasteiger partial charge on any atom is -0.218 e. The minimum absolute atomic E-state index is 0.208. The first-order valence-corrected chi connectivity index (χ1v) is 10.0. The molecule has 3 aromatic carbocycles. The highest BCUT2D eigenvalue weighted by Gasteiger charge is 2.34. The van der Waals surface area contributed by atoms with E-state index in [0.717, 1.165) is 6.07 Å². The Morgan fingerprint density at radius 3 is 1.67 bits per heavy atom. The molecule has 0 atom stereocenters. The van der Waals surface area contributed by atoms with E-state index in [9.17, 15) is 17.2 Å². The van der Waals surface area contributed by atoms with Gasteiger partial charge in [-0.1, -0.05) is 24.3 Å². The number of hydrogen-bond acceptors (Lipinski definition) is 2. The maximum atomic E-state index is 13.7. The predicted molar refractivity (Wildman–Crippen MR) is 88.5 cm³/mol. The molecule has 0 aliphatic carbocycles. The van der Waals surface area contributed by atoms with Crippen LogP contribution in [-0.2, 0) is 9.84 Å². The molecule has 24 heavy (non-hydrogen) atoms. The molecule has 0 bridgehead atoms. The van der Waals surface area contributed by atoms with Gasteiger partial charge in [0.1, 0.15) is 11.6 Å². The maximum Gasteiger partial charge on any atom is 0.208 e. The average molecular weight is 362 g/mol. The molecule has 0 saturated heterocycles. The molecule has 0 amide bonds. The third kappa shape index (κ3) is 2.25. The summed E-state index contributed by atoms with van der Waals surface area (Å²) < 4.78 is 53.2. The molecule has 0 saturated carbocycles. The maximum absolute atomic E-state index is 13.7. The molecule has 1 aliphatic heterocycles. The molecular weight excluding hydrogens is 350 g/mol. The zero-order valence-electron chi connectivity index (χ0n) is 12.3. The van der Waals surface area contributed by atoms with Crippen LogP contribution in [0.3, 0.4) is 0 Å². The van der Waals surface area contributed by atoms with Gasteiger partial charge in [0, 0.05) is 20.8 Å². The Morgan fingerprint density at radius 2 is 1.17 bits per heavy atom. The highest BCUT2D eigenvalue weighted by atomic mass is 32.2. The van der Waals surface area contributed by atoms with Crippen molar-refractivity contribution in [1.29, 1.82) is 0 Å². The number of thiol groups is 1. The number of benzene rings is 3. The Balaban J connectivity index is 2.09. The van der Waals surface area contributed by atoms with Crippen LogP contribution >= 0.6 is 10.9 Å². The lowest BCUT2D eigenvalue weighted by Gasteiger charge is -2.31. The van der Waals surface area contributed by atoms with E-state index in [1.165, 1.54) is 12.1 Å². The fourth-order valence-electron chi connectivity index (χ4n) is 2.93. The number of sulfone groups is 1. The molecule has 0 radical (unpaired) electrons. The molecule has 0 fully saturated rings. The van der Waals surface area contributed by atoms with Crippen molar-refractivity contribution >= 4 is 20.7 Å². The van der Waals surface area contributed by atoms with Crippen LogP contribution in [0.1, 0.15) is 0 Å². The van der Waals surface area contributed by atoms with Crippen LogP contribution in [0.4, 0.5) is 8.78 Å². The van der Waals surface area contributed by atoms with E-state index in [-0.39, 0.29) is 9.79 Å². The van der Waals surface area contributed by atoms with Gasteiger partial charge in [0.05, 0.1) is 9.79 Å². The SMILES string of the molecule is O=S1(=O)c2ccccc2[SH](c2cc(F)cc(F)c2)c2ccccc21. The quantitative estimate of drug-likeness (QED) is 0.503. The molecule has 2 nitrogen and oxygen atoms in total. The van der Waals surface area contributed by atoms with Crippen molar-refractivity contribution in [2.45, 2.75) is 24.5 Å². The second-order valence-corrected chi connectivity index (χ2v) is 9.44. The van der Waals surface area contributed by atoms with E-state index in [4.69, 9.17) is 0 Å². The van der Waals surface area contributed by atoms with E-state index in [1.54, 1.807) is 48.5 Å². The Hall–Kier alpha value is -2.18. The minimum atomic E-state index is -3.63. The van der Waals surface area contributed by atoms with Gasteiger partial charge in [-0.25, -0.2) is 17.2 Å². The van der Waals surface area contributed by atoms with Crippen molar-refractivity contribution in [3.05, 3.63) is 78.4 Å². The Bertz CT molecular complexity index is 988. The lowest BCUT2D eigenvalue weighted by molar-refractivity contribution is 0.577. The van der Waals surface area contributed by atoms with E-state index in [2.05, 4.69) is 0 Å². The summed E-state index contributed by atoms with van der Waals surface area (Å²) in [6, 6.07) is 16.7. The Labute approximate surface area is 141 Å². The van der Waals surface area contributed by atoms with Gasteiger partial charge in [-0.05, 0) is 36.4 Å². The number of halogens is 2. The molecule has 0 unspecified atom stereocenters. The fourth-order valence-corrected chi connectivity index (χ4v) is 8.02. The topological polar surface area (TPSA) is 34.1 Å². The molecule has 0 spiro atoms. The van der Waals surface area contributed by atoms with Crippen molar-refractivity contribution in [2.75, 3.05) is 0 Å². The van der Waals surface area contributed by atoms with Crippen LogP contribution in [0.25, 0.3) is 0 Å². The lowest BCUT2D eigenvalue weighted by atomic mass is 10.3. The molecule has 1 aliphatic rings. The average Bonchev–Trinajstić information content (AvgIpc) is 2.54. The molecule has 122 valence electrons. The van der Waals surface area contributed by atoms with Gasteiger partial charge < -0.3 is 0 Å². The molecule has 6 heteroatoms. The zero-order valence-corrected chi connectivity index (χ0v) is 14.0. The van der Waals surface area contributed by atoms with Crippen LogP contribution in [0.2, 0.25) is 0 Å². The zero-order chi connectivity index (χ0) is 16.9. The second kappa shape index (κ2) is 5.43. The molecule has 4 rings (SSSR count). The summed E-state index contributed by atoms with van der Waals surface area (Å²) in [4.78, 5) is 2.06. The summed E-state index contributed by atoms with van der Waals surface area (Å²) in [5.74, 6) is -1.34. The highest BCUT2D eigenvalue weighted by molar-refractivity contribution is 8.18. The van der Waals surface area contributed by atoms with Crippen molar-refractivity contribution < 1.29 is 17.2 Å². The second-order valence-electron chi connectivity index (χ2n) is 5.40. The largest absolute Gasteiger partial charge is 0.218 e. The third-order valence-electron chi connectivity index (χ3n) is 3.90. The van der Waals surface area contributed by atoms with Crippen molar-refractivity contribution in [3.8, 4) is 0 Å². The standard InChI is InChI=1S/C18H12F2O2S2/c19-12-9-13(20)11-14(10-12)23-15-5-1-3-7-17(15)24(21,22)18-8-4-2-6-16(18)23/h1-11,23H. The summed E-state index contributed by atoms with van der Waals surface area (Å²) in [6.45, 7) is 0. The van der Waals surface area contributed by atoms with Gasteiger partial charge in [-0.2, -0.15) is 10.9 Å². The van der Waals surface area contributed by atoms with Gasteiger partial charge in [0.15, 0.2) is 0 Å². The number of rotatable bonds is 1. The molecular formula is C18H12F2O2S2. The number of fused-ring (bicyclic) bond motifs is 2. The highest BCUT2D eigenvalue weighted by Crippen LogP contribution is 2.59. The van der Waals surface area contributed by atoms with E-state index < -0.39 is 32.4 Å². The summed E-state index contributed by atoms with van der Waals surface area (Å²) in [7, 11) is -4.98. The Morgan fingerprint density at radius 1 is 0.708 bits per heavy atom. The molecule has 0 N–H and O–H groups in total. The van der Waals surface area contributed by atoms with Gasteiger partial charge in [-0.15, -0.1) is 0 Å². The summed E-state index contributed by atoms with van der Waals surface area (Å²) in [5, 5.41) is 0. The van der Waals surface area contributed by atoms with Crippen molar-refractivity contribution in [2.24, 2.45) is 0 Å². The Kier molecular flexibility index (Phi) is 3.47. The first kappa shape index (κ1) is 15.4. The lowest BCUT2D eigenvalue weighted by Crippen LogP contribution is -2.12. The summed E-state index contributed by atoms with van der Waals surface area (Å²) in [6.07, 6.45) is 0. The normalized spacial score (nSPS) is 16.3. The van der Waals surface area contributed by atoms with Crippen LogP contribution < -0.4 is 0 Å². The van der Waals surface area contributed by atoms with Gasteiger partial charge in [-0.3, -0.25) is 0 Å². The summed E-state index contributed by atoms with van der Waals surface area (Å²) in [5.41, 5.74) is 0. The first-order valence-electron chi connectivity index (χ1n) is 7.18. The molecule has 1 heterocycles. The number of hydrogen-bond donors (Lipinski definition) is 1. The van der Waals surface area contributed by atoms with E-state index >= 15 is 0 Å². The van der Waals surface area contributed by atoms with Crippen LogP contribution in [0.15, 0.2) is 91.2 Å². The summed E-state index contributed by atoms with van der Waals surface area (Å²) >= 11 is 0. The first-order chi connectivity index (χ1) is 11.5. The van der Waals surface area contributed by atoms with Gasteiger partial charge in [0.25, 0.3) is 0 Å². The third-order valence-corrected chi connectivity index (χ3v) is 8.59. The monoisotopic (exact) mass is 362 g/mol. The van der Waals surface area contributed by atoms with Crippen molar-refractivity contribution in [1.82, 2.24) is 0 Å². The van der Waals surface area contributed by atoms with Crippen LogP contribution in [0.5, 0.6) is 0 Å². The predicted octanol–water partition coefficient (Wildman–Crippen LogP) is 4.59. The molecule has 0 aromatic heterocycles. The van der Waals surface area contributed by atoms with Gasteiger partial charge in [0.2, 0.25) is 9.84 Å².